The van der Waals surface area contributed by atoms with Crippen molar-refractivity contribution in [2.45, 2.75) is 13.0 Å². The highest BCUT2D eigenvalue weighted by Gasteiger charge is 2.33. The van der Waals surface area contributed by atoms with Gasteiger partial charge in [-0.05, 0) is 59.2 Å². The molecule has 2 heterocycles. The van der Waals surface area contributed by atoms with Crippen LogP contribution in [0, 0.1) is 0 Å². The number of allylic oxidation sites excluding steroid dienone is 1. The van der Waals surface area contributed by atoms with E-state index in [1.54, 1.807) is 14.2 Å². The van der Waals surface area contributed by atoms with Gasteiger partial charge in [0.1, 0.15) is 0 Å². The summed E-state index contributed by atoms with van der Waals surface area (Å²) in [6, 6.07) is 11.6. The van der Waals surface area contributed by atoms with Gasteiger partial charge >= 0.3 is 0 Å². The normalized spacial score (nSPS) is 15.9. The Morgan fingerprint density at radius 2 is 1.78 bits per heavy atom. The van der Waals surface area contributed by atoms with Gasteiger partial charge in [-0.15, -0.1) is 5.10 Å². The summed E-state index contributed by atoms with van der Waals surface area (Å²) in [7, 11) is 3.26. The van der Waals surface area contributed by atoms with E-state index in [4.69, 9.17) is 21.1 Å². The summed E-state index contributed by atoms with van der Waals surface area (Å²) in [5.41, 5.74) is 4.12. The molecule has 0 fully saturated rings. The first kappa shape index (κ1) is 17.4. The third-order valence-electron chi connectivity index (χ3n) is 4.62. The average molecular weight is 384 g/mol. The first-order chi connectivity index (χ1) is 13.1. The van der Waals surface area contributed by atoms with E-state index < -0.39 is 0 Å². The van der Waals surface area contributed by atoms with Crippen molar-refractivity contribution >= 4 is 23.6 Å². The molecule has 8 heteroatoms. The Balaban J connectivity index is 1.95. The summed E-state index contributed by atoms with van der Waals surface area (Å²) in [6.45, 7) is 2.01. The van der Waals surface area contributed by atoms with Gasteiger partial charge < -0.3 is 14.4 Å². The lowest BCUT2D eigenvalue weighted by molar-refractivity contribution is 0.354. The van der Waals surface area contributed by atoms with Gasteiger partial charge in [-0.2, -0.15) is 5.21 Å². The summed E-state index contributed by atoms with van der Waals surface area (Å²) >= 11 is 6.10. The fraction of sp³-hybridized carbons (Fsp3) is 0.211. The number of methoxy groups -OCH3 is 2. The van der Waals surface area contributed by atoms with Gasteiger partial charge in [-0.3, -0.25) is 0 Å². The second kappa shape index (κ2) is 6.92. The van der Waals surface area contributed by atoms with E-state index in [2.05, 4.69) is 26.7 Å². The fourth-order valence-electron chi connectivity index (χ4n) is 3.42. The number of H-pyrrole nitrogens is 1. The van der Waals surface area contributed by atoms with E-state index >= 15 is 0 Å². The number of halogens is 1. The molecule has 138 valence electrons. The Labute approximate surface area is 161 Å². The van der Waals surface area contributed by atoms with Crippen LogP contribution in [-0.2, 0) is 0 Å². The molecule has 0 radical (unpaired) electrons. The minimum atomic E-state index is -0.167. The topological polar surface area (TPSA) is 76.2 Å². The number of aromatic nitrogens is 4. The van der Waals surface area contributed by atoms with E-state index in [0.29, 0.717) is 22.5 Å². The molecular weight excluding hydrogens is 366 g/mol. The van der Waals surface area contributed by atoms with Crippen LogP contribution in [-0.4, -0.2) is 34.8 Å². The third kappa shape index (κ3) is 3.00. The number of fused-ring (bicyclic) bond motifs is 1. The predicted octanol–water partition coefficient (Wildman–Crippen LogP) is 3.84. The van der Waals surface area contributed by atoms with Crippen LogP contribution in [0.15, 0.2) is 42.1 Å². The first-order valence-electron chi connectivity index (χ1n) is 8.34. The van der Waals surface area contributed by atoms with Gasteiger partial charge in [-0.1, -0.05) is 28.8 Å². The summed E-state index contributed by atoms with van der Waals surface area (Å²) in [6.07, 6.45) is 2.07. The number of tetrazole rings is 1. The van der Waals surface area contributed by atoms with Crippen molar-refractivity contribution in [2.75, 3.05) is 19.1 Å². The number of hydrogen-bond donors (Lipinski definition) is 1. The maximum atomic E-state index is 6.10. The van der Waals surface area contributed by atoms with E-state index in [-0.39, 0.29) is 6.04 Å². The predicted molar refractivity (Wildman–Crippen MR) is 103 cm³/mol. The smallest absolute Gasteiger partial charge is 0.270 e. The van der Waals surface area contributed by atoms with Crippen molar-refractivity contribution in [2.24, 2.45) is 0 Å². The molecule has 0 amide bonds. The van der Waals surface area contributed by atoms with E-state index in [0.717, 1.165) is 22.4 Å². The molecule has 7 nitrogen and oxygen atoms in total. The number of anilines is 1. The highest BCUT2D eigenvalue weighted by molar-refractivity contribution is 6.30. The van der Waals surface area contributed by atoms with Gasteiger partial charge in [0.2, 0.25) is 0 Å². The average Bonchev–Trinajstić information content (AvgIpc) is 3.21. The molecule has 0 bridgehead atoms. The Bertz CT molecular complexity index is 986. The number of rotatable bonds is 4. The molecule has 1 aromatic heterocycles. The highest BCUT2D eigenvalue weighted by atomic mass is 35.5. The number of nitrogens with one attached hydrogen (secondary N) is 1. The summed E-state index contributed by atoms with van der Waals surface area (Å²) in [5, 5.41) is 15.3. The van der Waals surface area contributed by atoms with Crippen molar-refractivity contribution in [3.63, 3.8) is 0 Å². The van der Waals surface area contributed by atoms with Crippen molar-refractivity contribution in [3.05, 3.63) is 63.8 Å². The van der Waals surface area contributed by atoms with Crippen LogP contribution in [0.4, 0.5) is 5.95 Å². The molecule has 1 atom stereocenters. The van der Waals surface area contributed by atoms with E-state index in [1.165, 1.54) is 0 Å². The number of hydrogen-bond acceptors (Lipinski definition) is 6. The Kier molecular flexibility index (Phi) is 4.45. The lowest BCUT2D eigenvalue weighted by Crippen LogP contribution is -2.32. The third-order valence-corrected chi connectivity index (χ3v) is 4.87. The van der Waals surface area contributed by atoms with Gasteiger partial charge in [0.15, 0.2) is 11.5 Å². The van der Waals surface area contributed by atoms with Crippen molar-refractivity contribution in [3.8, 4) is 11.5 Å². The molecule has 3 aromatic rings. The molecule has 4 rings (SSSR count). The molecule has 0 spiro atoms. The monoisotopic (exact) mass is 383 g/mol. The van der Waals surface area contributed by atoms with Crippen LogP contribution in [0.3, 0.4) is 0 Å². The van der Waals surface area contributed by atoms with Crippen molar-refractivity contribution in [1.29, 1.82) is 0 Å². The minimum absolute atomic E-state index is 0.167. The van der Waals surface area contributed by atoms with Crippen molar-refractivity contribution < 1.29 is 9.47 Å². The zero-order valence-electron chi connectivity index (χ0n) is 15.1. The molecule has 27 heavy (non-hydrogen) atoms. The fourth-order valence-corrected chi connectivity index (χ4v) is 3.54. The SMILES string of the molecule is COc1cc2c(cc1OC)C(c1ccc(Cl)cc1)N(c1nn[nH]n1)C(C)=C2. The lowest BCUT2D eigenvalue weighted by atomic mass is 9.89. The molecule has 0 aliphatic carbocycles. The quantitative estimate of drug-likeness (QED) is 0.737. The molecule has 1 unspecified atom stereocenters. The van der Waals surface area contributed by atoms with Gasteiger partial charge in [0, 0.05) is 10.7 Å². The van der Waals surface area contributed by atoms with Crippen LogP contribution < -0.4 is 14.4 Å². The number of benzene rings is 2. The molecular formula is C19H18ClN5O2. The van der Waals surface area contributed by atoms with Crippen LogP contribution >= 0.6 is 11.6 Å². The lowest BCUT2D eigenvalue weighted by Gasteiger charge is -2.36. The maximum absolute atomic E-state index is 6.10. The van der Waals surface area contributed by atoms with Crippen LogP contribution in [0.1, 0.15) is 29.7 Å². The standard InChI is InChI=1S/C19H18ClN5O2/c1-11-8-13-9-16(26-2)17(27-3)10-15(13)18(12-4-6-14(20)7-5-12)25(11)19-21-23-24-22-19/h4-10,18H,1-3H3,(H,21,22,23,24). The van der Waals surface area contributed by atoms with Gasteiger partial charge in [0.05, 0.1) is 20.3 Å². The van der Waals surface area contributed by atoms with Gasteiger partial charge in [-0.25, -0.2) is 0 Å². The van der Waals surface area contributed by atoms with Crippen LogP contribution in [0.25, 0.3) is 6.08 Å². The second-order valence-electron chi connectivity index (χ2n) is 6.16. The zero-order chi connectivity index (χ0) is 19.0. The Morgan fingerprint density at radius 3 is 2.41 bits per heavy atom. The molecule has 2 aromatic carbocycles. The molecule has 1 N–H and O–H groups in total. The second-order valence-corrected chi connectivity index (χ2v) is 6.59. The molecule has 1 aliphatic heterocycles. The van der Waals surface area contributed by atoms with Gasteiger partial charge in [0.25, 0.3) is 5.95 Å². The summed E-state index contributed by atoms with van der Waals surface area (Å²) in [5.74, 6) is 1.84. The van der Waals surface area contributed by atoms with E-state index in [9.17, 15) is 0 Å². The Morgan fingerprint density at radius 1 is 1.07 bits per heavy atom. The Hall–Kier alpha value is -3.06. The highest BCUT2D eigenvalue weighted by Crippen LogP contribution is 2.44. The first-order valence-corrected chi connectivity index (χ1v) is 8.72. The largest absolute Gasteiger partial charge is 0.493 e. The number of aromatic amines is 1. The maximum Gasteiger partial charge on any atom is 0.270 e. The van der Waals surface area contributed by atoms with E-state index in [1.807, 2.05) is 48.2 Å². The summed E-state index contributed by atoms with van der Waals surface area (Å²) < 4.78 is 11.0. The zero-order valence-corrected chi connectivity index (χ0v) is 15.9. The molecule has 0 saturated heterocycles. The summed E-state index contributed by atoms with van der Waals surface area (Å²) in [4.78, 5) is 2.03. The minimum Gasteiger partial charge on any atom is -0.493 e. The van der Waals surface area contributed by atoms with Crippen LogP contribution in [0.2, 0.25) is 5.02 Å². The van der Waals surface area contributed by atoms with Crippen molar-refractivity contribution in [1.82, 2.24) is 20.6 Å². The molecule has 1 aliphatic rings. The van der Waals surface area contributed by atoms with Crippen LogP contribution in [0.5, 0.6) is 11.5 Å². The number of ether oxygens (including phenoxy) is 2. The number of nitrogens with zero attached hydrogens (tertiary/aromatic N) is 4. The molecule has 0 saturated carbocycles.